The number of methoxy groups -OCH3 is 1. The van der Waals surface area contributed by atoms with Crippen LogP contribution in [0.1, 0.15) is 29.6 Å². The zero-order valence-corrected chi connectivity index (χ0v) is 10.2. The molecule has 17 heavy (non-hydrogen) atoms. The quantitative estimate of drug-likeness (QED) is 0.706. The van der Waals surface area contributed by atoms with Crippen LogP contribution in [-0.2, 0) is 0 Å². The minimum atomic E-state index is -0.0587. The van der Waals surface area contributed by atoms with Crippen LogP contribution in [0.3, 0.4) is 0 Å². The first-order chi connectivity index (χ1) is 8.27. The summed E-state index contributed by atoms with van der Waals surface area (Å²) in [6, 6.07) is 7.13. The molecule has 0 radical (unpaired) electrons. The molecule has 0 fully saturated rings. The number of nitrogens with one attached hydrogen (secondary N) is 1. The number of hydrogen-bond acceptors (Lipinski definition) is 3. The second-order valence-electron chi connectivity index (χ2n) is 3.84. The Kier molecular flexibility index (Phi) is 6.10. The number of hydrogen-bond donors (Lipinski definition) is 2. The highest BCUT2D eigenvalue weighted by Gasteiger charge is 2.05. The summed E-state index contributed by atoms with van der Waals surface area (Å²) in [6.07, 6.45) is 3.02. The highest BCUT2D eigenvalue weighted by molar-refractivity contribution is 5.94. The molecule has 0 atom stereocenters. The van der Waals surface area contributed by atoms with Crippen molar-refractivity contribution in [1.82, 2.24) is 5.32 Å². The van der Waals surface area contributed by atoms with Crippen molar-refractivity contribution in [2.75, 3.05) is 20.2 Å². The maximum absolute atomic E-state index is 11.8. The normalized spacial score (nSPS) is 10.0. The molecule has 0 aliphatic carbocycles. The largest absolute Gasteiger partial charge is 0.497 e. The molecule has 0 aliphatic rings. The zero-order valence-electron chi connectivity index (χ0n) is 10.2. The van der Waals surface area contributed by atoms with E-state index in [9.17, 15) is 4.79 Å². The Morgan fingerprint density at radius 2 is 2.18 bits per heavy atom. The molecule has 1 amide bonds. The lowest BCUT2D eigenvalue weighted by Crippen LogP contribution is -2.24. The molecule has 1 aromatic carbocycles. The Morgan fingerprint density at radius 3 is 2.88 bits per heavy atom. The molecule has 0 saturated heterocycles. The maximum atomic E-state index is 11.8. The average molecular weight is 236 g/mol. The molecule has 1 aromatic rings. The van der Waals surface area contributed by atoms with Crippen LogP contribution < -0.4 is 15.8 Å². The molecule has 4 heteroatoms. The Morgan fingerprint density at radius 1 is 1.35 bits per heavy atom. The number of ether oxygens (including phenoxy) is 1. The van der Waals surface area contributed by atoms with E-state index in [-0.39, 0.29) is 5.91 Å². The molecule has 0 aromatic heterocycles. The van der Waals surface area contributed by atoms with E-state index < -0.39 is 0 Å². The number of carbonyl (C=O) groups excluding carboxylic acids is 1. The fraction of sp³-hybridized carbons (Fsp3) is 0.462. The van der Waals surface area contributed by atoms with Gasteiger partial charge in [0.25, 0.3) is 5.91 Å². The van der Waals surface area contributed by atoms with Crippen LogP contribution >= 0.6 is 0 Å². The van der Waals surface area contributed by atoms with Gasteiger partial charge in [0.2, 0.25) is 0 Å². The lowest BCUT2D eigenvalue weighted by atomic mass is 10.2. The summed E-state index contributed by atoms with van der Waals surface area (Å²) >= 11 is 0. The van der Waals surface area contributed by atoms with E-state index in [1.807, 2.05) is 12.1 Å². The van der Waals surface area contributed by atoms with E-state index in [2.05, 4.69) is 5.32 Å². The molecule has 4 nitrogen and oxygen atoms in total. The first-order valence-electron chi connectivity index (χ1n) is 5.90. The van der Waals surface area contributed by atoms with Crippen molar-refractivity contribution in [1.29, 1.82) is 0 Å². The van der Waals surface area contributed by atoms with Gasteiger partial charge in [-0.3, -0.25) is 4.79 Å². The molecular weight excluding hydrogens is 216 g/mol. The van der Waals surface area contributed by atoms with Crippen molar-refractivity contribution in [2.45, 2.75) is 19.3 Å². The van der Waals surface area contributed by atoms with Gasteiger partial charge >= 0.3 is 0 Å². The van der Waals surface area contributed by atoms with Gasteiger partial charge in [0, 0.05) is 12.1 Å². The number of carbonyl (C=O) groups is 1. The maximum Gasteiger partial charge on any atom is 0.251 e. The van der Waals surface area contributed by atoms with Gasteiger partial charge in [-0.2, -0.15) is 0 Å². The lowest BCUT2D eigenvalue weighted by Gasteiger charge is -2.06. The Hall–Kier alpha value is -1.55. The van der Waals surface area contributed by atoms with Crippen molar-refractivity contribution < 1.29 is 9.53 Å². The van der Waals surface area contributed by atoms with Gasteiger partial charge in [-0.1, -0.05) is 12.5 Å². The summed E-state index contributed by atoms with van der Waals surface area (Å²) in [7, 11) is 1.59. The van der Waals surface area contributed by atoms with Crippen molar-refractivity contribution >= 4 is 5.91 Å². The third-order valence-electron chi connectivity index (χ3n) is 2.50. The fourth-order valence-corrected chi connectivity index (χ4v) is 1.51. The van der Waals surface area contributed by atoms with E-state index in [1.54, 1.807) is 19.2 Å². The standard InChI is InChI=1S/C13H20N2O2/c1-17-12-7-5-6-11(10-12)13(16)15-9-4-2-3-8-14/h5-7,10H,2-4,8-9,14H2,1H3,(H,15,16). The van der Waals surface area contributed by atoms with Crippen molar-refractivity contribution in [3.8, 4) is 5.75 Å². The smallest absolute Gasteiger partial charge is 0.251 e. The summed E-state index contributed by atoms with van der Waals surface area (Å²) in [5, 5.41) is 2.87. The molecule has 0 bridgehead atoms. The summed E-state index contributed by atoms with van der Waals surface area (Å²) < 4.78 is 5.07. The molecule has 0 aliphatic heterocycles. The SMILES string of the molecule is COc1cccc(C(=O)NCCCCCN)c1. The van der Waals surface area contributed by atoms with E-state index in [0.717, 1.165) is 19.3 Å². The van der Waals surface area contributed by atoms with E-state index in [1.165, 1.54) is 0 Å². The summed E-state index contributed by atoms with van der Waals surface area (Å²) in [5.74, 6) is 0.637. The van der Waals surface area contributed by atoms with E-state index in [4.69, 9.17) is 10.5 Å². The average Bonchev–Trinajstić information content (AvgIpc) is 2.38. The van der Waals surface area contributed by atoms with Crippen LogP contribution in [-0.4, -0.2) is 26.1 Å². The lowest BCUT2D eigenvalue weighted by molar-refractivity contribution is 0.0952. The first-order valence-corrected chi connectivity index (χ1v) is 5.90. The predicted octanol–water partition coefficient (Wildman–Crippen LogP) is 1.55. The summed E-state index contributed by atoms with van der Waals surface area (Å²) in [6.45, 7) is 1.40. The summed E-state index contributed by atoms with van der Waals surface area (Å²) in [4.78, 5) is 11.8. The van der Waals surface area contributed by atoms with E-state index in [0.29, 0.717) is 24.4 Å². The number of nitrogens with two attached hydrogens (primary N) is 1. The van der Waals surface area contributed by atoms with Crippen LogP contribution in [0.2, 0.25) is 0 Å². The Bertz CT molecular complexity index is 353. The van der Waals surface area contributed by atoms with Crippen molar-refractivity contribution in [2.24, 2.45) is 5.73 Å². The molecular formula is C13H20N2O2. The van der Waals surface area contributed by atoms with Crippen molar-refractivity contribution in [3.05, 3.63) is 29.8 Å². The molecule has 0 saturated carbocycles. The molecule has 3 N–H and O–H groups in total. The first kappa shape index (κ1) is 13.5. The Balaban J connectivity index is 2.36. The molecule has 0 unspecified atom stereocenters. The van der Waals surface area contributed by atoms with Crippen molar-refractivity contribution in [3.63, 3.8) is 0 Å². The van der Waals surface area contributed by atoms with Gasteiger partial charge in [-0.25, -0.2) is 0 Å². The topological polar surface area (TPSA) is 64.3 Å². The van der Waals surface area contributed by atoms with Crippen LogP contribution in [0.25, 0.3) is 0 Å². The monoisotopic (exact) mass is 236 g/mol. The van der Waals surface area contributed by atoms with Gasteiger partial charge in [0.1, 0.15) is 5.75 Å². The number of rotatable bonds is 7. The van der Waals surface area contributed by atoms with E-state index >= 15 is 0 Å². The highest BCUT2D eigenvalue weighted by Crippen LogP contribution is 2.12. The second-order valence-corrected chi connectivity index (χ2v) is 3.84. The molecule has 0 heterocycles. The van der Waals surface area contributed by atoms with Gasteiger partial charge in [-0.05, 0) is 37.6 Å². The number of amides is 1. The van der Waals surface area contributed by atoms with Gasteiger partial charge in [0.15, 0.2) is 0 Å². The minimum absolute atomic E-state index is 0.0587. The van der Waals surface area contributed by atoms with Gasteiger partial charge < -0.3 is 15.8 Å². The fourth-order valence-electron chi connectivity index (χ4n) is 1.51. The third-order valence-corrected chi connectivity index (χ3v) is 2.50. The number of benzene rings is 1. The van der Waals surface area contributed by atoms with Crippen LogP contribution in [0.4, 0.5) is 0 Å². The predicted molar refractivity (Wildman–Crippen MR) is 68.2 cm³/mol. The van der Waals surface area contributed by atoms with Crippen LogP contribution in [0.5, 0.6) is 5.75 Å². The van der Waals surface area contributed by atoms with Crippen LogP contribution in [0.15, 0.2) is 24.3 Å². The third kappa shape index (κ3) is 4.87. The molecule has 94 valence electrons. The molecule has 0 spiro atoms. The zero-order chi connectivity index (χ0) is 12.5. The minimum Gasteiger partial charge on any atom is -0.497 e. The van der Waals surface area contributed by atoms with Crippen LogP contribution in [0, 0.1) is 0 Å². The summed E-state index contributed by atoms with van der Waals surface area (Å²) in [5.41, 5.74) is 6.02. The molecule has 1 rings (SSSR count). The second kappa shape index (κ2) is 7.68. The number of unbranched alkanes of at least 4 members (excludes halogenated alkanes) is 2. The van der Waals surface area contributed by atoms with Gasteiger partial charge in [0.05, 0.1) is 7.11 Å². The highest BCUT2D eigenvalue weighted by atomic mass is 16.5. The van der Waals surface area contributed by atoms with Gasteiger partial charge in [-0.15, -0.1) is 0 Å². The Labute approximate surface area is 102 Å².